The van der Waals surface area contributed by atoms with E-state index in [1.165, 1.54) is 104 Å². The number of nitrogens with zero attached hydrogens (tertiary/aromatic N) is 3. The van der Waals surface area contributed by atoms with Crippen molar-refractivity contribution >= 4 is 98.0 Å². The summed E-state index contributed by atoms with van der Waals surface area (Å²) in [5.74, 6) is 0. The van der Waals surface area contributed by atoms with E-state index in [2.05, 4.69) is 153 Å². The first-order valence-electron chi connectivity index (χ1n) is 15.6. The smallest absolute Gasteiger partial charge is 0.0628 e. The zero-order valence-electron chi connectivity index (χ0n) is 24.1. The average molecular weight is 570 g/mol. The van der Waals surface area contributed by atoms with Gasteiger partial charge in [0, 0.05) is 59.5 Å². The molecular formula is C42H23N3. The third-order valence-corrected chi connectivity index (χ3v) is 10.5. The van der Waals surface area contributed by atoms with Crippen molar-refractivity contribution in [2.75, 3.05) is 0 Å². The van der Waals surface area contributed by atoms with Gasteiger partial charge in [0.1, 0.15) is 0 Å². The van der Waals surface area contributed by atoms with E-state index in [1.54, 1.807) is 0 Å². The Morgan fingerprint density at radius 2 is 0.756 bits per heavy atom. The minimum absolute atomic E-state index is 1.18. The van der Waals surface area contributed by atoms with Crippen LogP contribution < -0.4 is 0 Å². The standard InChI is InChI=1S/C42H23N3/c1-2-12-24(13-3-1)43-33-20-10-6-16-27(33)37-35(43)22-30-26-15-5-9-19-32(26)45-36-23-29-25-14-4-8-18-31(25)44-34-21-11-7-17-28(34)38(41(29)44)39(36)40(37)42(30)45/h1-23H. The Bertz CT molecular complexity index is 3190. The summed E-state index contributed by atoms with van der Waals surface area (Å²) in [5, 5.41) is 13.2. The lowest BCUT2D eigenvalue weighted by molar-refractivity contribution is 1.18. The molecule has 12 aromatic rings. The lowest BCUT2D eigenvalue weighted by atomic mass is 9.98. The quantitative estimate of drug-likeness (QED) is 0.187. The van der Waals surface area contributed by atoms with Crippen LogP contribution in [0.2, 0.25) is 0 Å². The predicted octanol–water partition coefficient (Wildman–Crippen LogP) is 11.1. The Kier molecular flexibility index (Phi) is 3.76. The summed E-state index contributed by atoms with van der Waals surface area (Å²) in [5.41, 5.74) is 11.4. The number of rotatable bonds is 1. The zero-order chi connectivity index (χ0) is 29.0. The van der Waals surface area contributed by atoms with Gasteiger partial charge in [-0.2, -0.15) is 0 Å². The summed E-state index contributed by atoms with van der Waals surface area (Å²) in [6.45, 7) is 0. The highest BCUT2D eigenvalue weighted by Gasteiger charge is 2.28. The Morgan fingerprint density at radius 3 is 1.42 bits per heavy atom. The molecule has 5 aromatic heterocycles. The first kappa shape index (κ1) is 22.5. The van der Waals surface area contributed by atoms with E-state index in [4.69, 9.17) is 0 Å². The second-order valence-corrected chi connectivity index (χ2v) is 12.5. The molecule has 0 amide bonds. The van der Waals surface area contributed by atoms with Crippen LogP contribution in [0.15, 0.2) is 140 Å². The van der Waals surface area contributed by atoms with Gasteiger partial charge in [-0.1, -0.05) is 91.0 Å². The highest BCUT2D eigenvalue weighted by atomic mass is 15.0. The molecule has 0 aliphatic heterocycles. The molecule has 0 aliphatic carbocycles. The van der Waals surface area contributed by atoms with E-state index in [-0.39, 0.29) is 0 Å². The third kappa shape index (κ3) is 2.43. The van der Waals surface area contributed by atoms with Crippen molar-refractivity contribution in [2.24, 2.45) is 0 Å². The molecule has 206 valence electrons. The van der Waals surface area contributed by atoms with Gasteiger partial charge in [0.2, 0.25) is 0 Å². The van der Waals surface area contributed by atoms with Gasteiger partial charge in [-0.25, -0.2) is 0 Å². The molecule has 0 bridgehead atoms. The molecule has 5 heterocycles. The third-order valence-electron chi connectivity index (χ3n) is 10.5. The van der Waals surface area contributed by atoms with Crippen LogP contribution in [0, 0.1) is 0 Å². The lowest BCUT2D eigenvalue weighted by Gasteiger charge is -2.08. The molecule has 0 unspecified atom stereocenters. The van der Waals surface area contributed by atoms with E-state index in [9.17, 15) is 0 Å². The Labute approximate surface area is 256 Å². The Morgan fingerprint density at radius 1 is 0.289 bits per heavy atom. The van der Waals surface area contributed by atoms with Crippen molar-refractivity contribution in [3.63, 3.8) is 0 Å². The molecule has 0 saturated carbocycles. The second-order valence-electron chi connectivity index (χ2n) is 12.5. The summed E-state index contributed by atoms with van der Waals surface area (Å²) >= 11 is 0. The van der Waals surface area contributed by atoms with Crippen molar-refractivity contribution in [1.29, 1.82) is 0 Å². The van der Waals surface area contributed by atoms with Crippen molar-refractivity contribution in [2.45, 2.75) is 0 Å². The summed E-state index contributed by atoms with van der Waals surface area (Å²) < 4.78 is 7.53. The summed E-state index contributed by atoms with van der Waals surface area (Å²) in [4.78, 5) is 0. The van der Waals surface area contributed by atoms with E-state index in [0.29, 0.717) is 0 Å². The largest absolute Gasteiger partial charge is 0.309 e. The highest BCUT2D eigenvalue weighted by Crippen LogP contribution is 2.51. The highest BCUT2D eigenvalue weighted by molar-refractivity contribution is 6.43. The van der Waals surface area contributed by atoms with Gasteiger partial charge < -0.3 is 13.4 Å². The number of hydrogen-bond acceptors (Lipinski definition) is 0. The van der Waals surface area contributed by atoms with Gasteiger partial charge >= 0.3 is 0 Å². The molecule has 0 radical (unpaired) electrons. The van der Waals surface area contributed by atoms with Crippen LogP contribution in [-0.2, 0) is 0 Å². The van der Waals surface area contributed by atoms with Crippen molar-refractivity contribution in [1.82, 2.24) is 13.4 Å². The topological polar surface area (TPSA) is 13.8 Å². The van der Waals surface area contributed by atoms with Crippen molar-refractivity contribution < 1.29 is 0 Å². The summed E-state index contributed by atoms with van der Waals surface area (Å²) in [7, 11) is 0. The second kappa shape index (κ2) is 7.53. The molecule has 0 fully saturated rings. The SMILES string of the molecule is c1ccc(-n2c3ccccc3c3c4c5c6c7ccccc7n7c8ccccc8c(cc5n5c8ccccc8c(cc32)c45)c67)cc1. The molecule has 3 nitrogen and oxygen atoms in total. The summed E-state index contributed by atoms with van der Waals surface area (Å²) in [6.07, 6.45) is 0. The van der Waals surface area contributed by atoms with Gasteiger partial charge in [0.25, 0.3) is 0 Å². The molecule has 0 atom stereocenters. The number of hydrogen-bond donors (Lipinski definition) is 0. The molecule has 0 aliphatic rings. The van der Waals surface area contributed by atoms with Gasteiger partial charge in [-0.3, -0.25) is 0 Å². The number of aromatic nitrogens is 3. The normalized spacial score (nSPS) is 12.9. The average Bonchev–Trinajstić information content (AvgIpc) is 3.87. The van der Waals surface area contributed by atoms with Crippen LogP contribution in [0.5, 0.6) is 0 Å². The fourth-order valence-electron chi connectivity index (χ4n) is 8.86. The predicted molar refractivity (Wildman–Crippen MR) is 190 cm³/mol. The molecule has 3 heteroatoms. The van der Waals surface area contributed by atoms with Crippen molar-refractivity contribution in [3.8, 4) is 5.69 Å². The fourth-order valence-corrected chi connectivity index (χ4v) is 8.86. The zero-order valence-corrected chi connectivity index (χ0v) is 24.1. The van der Waals surface area contributed by atoms with Crippen LogP contribution in [0.25, 0.3) is 104 Å². The number of benzene rings is 7. The summed E-state index contributed by atoms with van der Waals surface area (Å²) in [6, 6.07) is 51.5. The van der Waals surface area contributed by atoms with Crippen LogP contribution >= 0.6 is 0 Å². The first-order valence-corrected chi connectivity index (χ1v) is 15.6. The molecular weight excluding hydrogens is 546 g/mol. The van der Waals surface area contributed by atoms with Crippen LogP contribution in [0.1, 0.15) is 0 Å². The van der Waals surface area contributed by atoms with Gasteiger partial charge in [0.05, 0.1) is 44.1 Å². The minimum atomic E-state index is 1.18. The van der Waals surface area contributed by atoms with E-state index >= 15 is 0 Å². The molecule has 45 heavy (non-hydrogen) atoms. The van der Waals surface area contributed by atoms with Crippen LogP contribution in [0.3, 0.4) is 0 Å². The van der Waals surface area contributed by atoms with E-state index in [0.717, 1.165) is 0 Å². The van der Waals surface area contributed by atoms with Gasteiger partial charge in [-0.05, 0) is 48.5 Å². The maximum Gasteiger partial charge on any atom is 0.0628 e. The fraction of sp³-hybridized carbons (Fsp3) is 0. The Hall–Kier alpha value is -6.06. The monoisotopic (exact) mass is 569 g/mol. The van der Waals surface area contributed by atoms with E-state index in [1.807, 2.05) is 0 Å². The van der Waals surface area contributed by atoms with Gasteiger partial charge in [0.15, 0.2) is 0 Å². The maximum atomic E-state index is 2.56. The number of fused-ring (bicyclic) bond motifs is 17. The van der Waals surface area contributed by atoms with Crippen LogP contribution in [-0.4, -0.2) is 13.4 Å². The molecule has 12 rings (SSSR count). The number of para-hydroxylation sites is 5. The lowest BCUT2D eigenvalue weighted by Crippen LogP contribution is -1.92. The van der Waals surface area contributed by atoms with E-state index < -0.39 is 0 Å². The molecule has 0 N–H and O–H groups in total. The minimum Gasteiger partial charge on any atom is -0.309 e. The maximum absolute atomic E-state index is 2.56. The molecule has 0 spiro atoms. The molecule has 0 saturated heterocycles. The Balaban J connectivity index is 1.49. The molecule has 7 aromatic carbocycles. The van der Waals surface area contributed by atoms with Crippen molar-refractivity contribution in [3.05, 3.63) is 140 Å². The van der Waals surface area contributed by atoms with Gasteiger partial charge in [-0.15, -0.1) is 0 Å². The first-order chi connectivity index (χ1) is 22.4. The van der Waals surface area contributed by atoms with Crippen LogP contribution in [0.4, 0.5) is 0 Å².